The van der Waals surface area contributed by atoms with E-state index in [9.17, 15) is 0 Å². The largest absolute Gasteiger partial charge is 0.454 e. The molecule has 0 atom stereocenters. The summed E-state index contributed by atoms with van der Waals surface area (Å²) in [6, 6.07) is 56.1. The van der Waals surface area contributed by atoms with Gasteiger partial charge in [0.2, 0.25) is 0 Å². The number of para-hydroxylation sites is 1. The highest BCUT2D eigenvalue weighted by molar-refractivity contribution is 6.21. The third-order valence-electron chi connectivity index (χ3n) is 8.95. The van der Waals surface area contributed by atoms with Gasteiger partial charge in [0.15, 0.2) is 5.58 Å². The first-order valence-corrected chi connectivity index (χ1v) is 15.3. The molecule has 0 aliphatic heterocycles. The molecule has 0 fully saturated rings. The fourth-order valence-corrected chi connectivity index (χ4v) is 6.86. The van der Waals surface area contributed by atoms with Crippen LogP contribution in [0, 0.1) is 0 Å². The zero-order chi connectivity index (χ0) is 29.7. The Labute approximate surface area is 260 Å². The van der Waals surface area contributed by atoms with Crippen LogP contribution in [0.5, 0.6) is 0 Å². The number of nitrogens with zero attached hydrogens (tertiary/aromatic N) is 1. The van der Waals surface area contributed by atoms with Crippen molar-refractivity contribution in [2.45, 2.75) is 0 Å². The molecule has 0 saturated carbocycles. The van der Waals surface area contributed by atoms with Gasteiger partial charge in [0.05, 0.1) is 0 Å². The molecule has 2 heteroatoms. The lowest BCUT2D eigenvalue weighted by Crippen LogP contribution is -1.91. The van der Waals surface area contributed by atoms with Crippen LogP contribution in [0.1, 0.15) is 0 Å². The van der Waals surface area contributed by atoms with Crippen molar-refractivity contribution in [1.82, 2.24) is 4.98 Å². The number of furan rings is 1. The molecule has 0 amide bonds. The van der Waals surface area contributed by atoms with Gasteiger partial charge in [-0.05, 0) is 67.1 Å². The van der Waals surface area contributed by atoms with Gasteiger partial charge in [-0.25, -0.2) is 0 Å². The lowest BCUT2D eigenvalue weighted by molar-refractivity contribution is 0.668. The first-order chi connectivity index (χ1) is 22.3. The van der Waals surface area contributed by atoms with E-state index >= 15 is 0 Å². The van der Waals surface area contributed by atoms with Gasteiger partial charge in [-0.15, -0.1) is 0 Å². The molecule has 0 spiro atoms. The average molecular weight is 574 g/mol. The van der Waals surface area contributed by atoms with Crippen LogP contribution in [-0.4, -0.2) is 4.98 Å². The van der Waals surface area contributed by atoms with Crippen LogP contribution < -0.4 is 0 Å². The van der Waals surface area contributed by atoms with Crippen LogP contribution >= 0.6 is 0 Å². The molecule has 0 radical (unpaired) electrons. The summed E-state index contributed by atoms with van der Waals surface area (Å²) >= 11 is 0. The lowest BCUT2D eigenvalue weighted by atomic mass is 9.85. The van der Waals surface area contributed by atoms with Crippen molar-refractivity contribution >= 4 is 43.5 Å². The van der Waals surface area contributed by atoms with Crippen LogP contribution in [0.15, 0.2) is 168 Å². The zero-order valence-corrected chi connectivity index (χ0v) is 24.4. The van der Waals surface area contributed by atoms with Crippen molar-refractivity contribution in [3.05, 3.63) is 164 Å². The molecule has 2 aromatic heterocycles. The summed E-state index contributed by atoms with van der Waals surface area (Å²) in [7, 11) is 0. The predicted octanol–water partition coefficient (Wildman–Crippen LogP) is 12.0. The normalized spacial score (nSPS) is 11.6. The molecule has 0 bridgehead atoms. The van der Waals surface area contributed by atoms with Crippen molar-refractivity contribution in [3.8, 4) is 44.6 Å². The van der Waals surface area contributed by atoms with Gasteiger partial charge in [-0.2, -0.15) is 0 Å². The van der Waals surface area contributed by atoms with Crippen LogP contribution in [0.2, 0.25) is 0 Å². The van der Waals surface area contributed by atoms with E-state index in [2.05, 4.69) is 133 Å². The Hall–Kier alpha value is -5.99. The molecule has 9 rings (SSSR count). The topological polar surface area (TPSA) is 26.0 Å². The lowest BCUT2D eigenvalue weighted by Gasteiger charge is -2.18. The fraction of sp³-hybridized carbons (Fsp3) is 0. The van der Waals surface area contributed by atoms with Crippen LogP contribution in [0.25, 0.3) is 88.1 Å². The van der Waals surface area contributed by atoms with Gasteiger partial charge < -0.3 is 4.42 Å². The number of hydrogen-bond acceptors (Lipinski definition) is 2. The Morgan fingerprint density at radius 1 is 0.333 bits per heavy atom. The van der Waals surface area contributed by atoms with Gasteiger partial charge in [-0.1, -0.05) is 146 Å². The second-order valence-electron chi connectivity index (χ2n) is 11.5. The second kappa shape index (κ2) is 10.3. The molecule has 45 heavy (non-hydrogen) atoms. The molecule has 0 aliphatic carbocycles. The van der Waals surface area contributed by atoms with Crippen molar-refractivity contribution < 1.29 is 4.42 Å². The summed E-state index contributed by atoms with van der Waals surface area (Å²) in [6.45, 7) is 0. The van der Waals surface area contributed by atoms with E-state index in [0.717, 1.165) is 33.2 Å². The Bertz CT molecular complexity index is 2450. The summed E-state index contributed by atoms with van der Waals surface area (Å²) < 4.78 is 6.29. The molecular formula is C43H27NO. The van der Waals surface area contributed by atoms with Crippen molar-refractivity contribution in [2.75, 3.05) is 0 Å². The third-order valence-corrected chi connectivity index (χ3v) is 8.95. The SMILES string of the molecule is c1ccc(-c2ccc(-c3c4ccccc4c(-c4ccc(-c5nccc6c5oc5ccccc56)cc4)c4ccccc34)cc2)cc1. The Morgan fingerprint density at radius 3 is 1.36 bits per heavy atom. The monoisotopic (exact) mass is 573 g/mol. The number of benzene rings is 7. The highest BCUT2D eigenvalue weighted by Gasteiger charge is 2.18. The minimum atomic E-state index is 0.824. The fourth-order valence-electron chi connectivity index (χ4n) is 6.86. The minimum Gasteiger partial charge on any atom is -0.454 e. The molecule has 2 heterocycles. The molecule has 210 valence electrons. The standard InChI is InChI=1S/C43H27NO/c1-2-10-28(11-3-1)29-18-20-30(21-19-29)40-34-13-4-6-15-36(34)41(37-16-7-5-14-35(37)40)31-22-24-32(25-23-31)42-43-38(26-27-44-42)33-12-8-9-17-39(33)45-43/h1-27H. The number of pyridine rings is 1. The number of hydrogen-bond donors (Lipinski definition) is 0. The van der Waals surface area contributed by atoms with E-state index in [1.165, 1.54) is 54.9 Å². The van der Waals surface area contributed by atoms with E-state index in [-0.39, 0.29) is 0 Å². The maximum atomic E-state index is 6.29. The maximum Gasteiger partial charge on any atom is 0.161 e. The highest BCUT2D eigenvalue weighted by atomic mass is 16.3. The summed E-state index contributed by atoms with van der Waals surface area (Å²) in [5.41, 5.74) is 10.9. The smallest absolute Gasteiger partial charge is 0.161 e. The van der Waals surface area contributed by atoms with Crippen LogP contribution in [-0.2, 0) is 0 Å². The van der Waals surface area contributed by atoms with Gasteiger partial charge in [0.25, 0.3) is 0 Å². The third kappa shape index (κ3) is 4.15. The summed E-state index contributed by atoms with van der Waals surface area (Å²) in [5.74, 6) is 0. The van der Waals surface area contributed by atoms with Crippen LogP contribution in [0.3, 0.4) is 0 Å². The van der Waals surface area contributed by atoms with Crippen molar-refractivity contribution in [1.29, 1.82) is 0 Å². The highest BCUT2D eigenvalue weighted by Crippen LogP contribution is 2.44. The van der Waals surface area contributed by atoms with E-state index in [1.807, 2.05) is 30.5 Å². The van der Waals surface area contributed by atoms with Gasteiger partial charge in [0.1, 0.15) is 11.3 Å². The van der Waals surface area contributed by atoms with E-state index in [0.29, 0.717) is 0 Å². The van der Waals surface area contributed by atoms with E-state index in [4.69, 9.17) is 9.40 Å². The Balaban J connectivity index is 1.20. The van der Waals surface area contributed by atoms with E-state index in [1.54, 1.807) is 0 Å². The van der Waals surface area contributed by atoms with Gasteiger partial charge in [0, 0.05) is 22.5 Å². The van der Waals surface area contributed by atoms with Crippen LogP contribution in [0.4, 0.5) is 0 Å². The molecule has 0 saturated heterocycles. The maximum absolute atomic E-state index is 6.29. The molecule has 0 aliphatic rings. The molecule has 0 unspecified atom stereocenters. The predicted molar refractivity (Wildman–Crippen MR) is 188 cm³/mol. The second-order valence-corrected chi connectivity index (χ2v) is 11.5. The number of fused-ring (bicyclic) bond motifs is 5. The quantitative estimate of drug-likeness (QED) is 0.196. The first kappa shape index (κ1) is 25.5. The minimum absolute atomic E-state index is 0.824. The summed E-state index contributed by atoms with van der Waals surface area (Å²) in [4.78, 5) is 4.75. The van der Waals surface area contributed by atoms with Gasteiger partial charge >= 0.3 is 0 Å². The Morgan fingerprint density at radius 2 is 0.778 bits per heavy atom. The van der Waals surface area contributed by atoms with Crippen molar-refractivity contribution in [2.24, 2.45) is 0 Å². The molecule has 7 aromatic carbocycles. The average Bonchev–Trinajstić information content (AvgIpc) is 3.50. The number of aromatic nitrogens is 1. The first-order valence-electron chi connectivity index (χ1n) is 15.3. The Kier molecular flexibility index (Phi) is 5.85. The molecule has 0 N–H and O–H groups in total. The van der Waals surface area contributed by atoms with Crippen molar-refractivity contribution in [3.63, 3.8) is 0 Å². The summed E-state index contributed by atoms with van der Waals surface area (Å²) in [5, 5.41) is 7.17. The zero-order valence-electron chi connectivity index (χ0n) is 24.4. The number of rotatable bonds is 4. The molecule has 2 nitrogen and oxygen atoms in total. The van der Waals surface area contributed by atoms with E-state index < -0.39 is 0 Å². The molecular weight excluding hydrogens is 546 g/mol. The van der Waals surface area contributed by atoms with Gasteiger partial charge in [-0.3, -0.25) is 4.98 Å². The summed E-state index contributed by atoms with van der Waals surface area (Å²) in [6.07, 6.45) is 1.87. The molecule has 9 aromatic rings.